The molecule has 2 unspecified atom stereocenters. The minimum Gasteiger partial charge on any atom is -0.469 e. The second-order valence-corrected chi connectivity index (χ2v) is 5.98. The molecule has 2 aliphatic rings. The highest BCUT2D eigenvalue weighted by Gasteiger charge is 2.28. The van der Waals surface area contributed by atoms with Crippen LogP contribution >= 0.6 is 0 Å². The Hall–Kier alpha value is -2.08. The van der Waals surface area contributed by atoms with E-state index in [0.29, 0.717) is 12.2 Å². The maximum atomic E-state index is 12.6. The number of aromatic amines is 1. The Kier molecular flexibility index (Phi) is 3.46. The van der Waals surface area contributed by atoms with E-state index in [1.54, 1.807) is 12.5 Å². The number of nitrogens with zero attached hydrogens (tertiary/aromatic N) is 1. The Bertz CT molecular complexity index is 670. The predicted molar refractivity (Wildman–Crippen MR) is 78.6 cm³/mol. The number of carbonyl (C=O) groups is 1. The smallest absolute Gasteiger partial charge is 0.255 e. The molecule has 6 nitrogen and oxygen atoms in total. The Morgan fingerprint density at radius 1 is 1.41 bits per heavy atom. The van der Waals surface area contributed by atoms with Gasteiger partial charge in [-0.05, 0) is 25.3 Å². The van der Waals surface area contributed by atoms with Crippen LogP contribution in [0.15, 0.2) is 22.9 Å². The van der Waals surface area contributed by atoms with E-state index in [-0.39, 0.29) is 17.9 Å². The first kappa shape index (κ1) is 13.6. The van der Waals surface area contributed by atoms with Gasteiger partial charge >= 0.3 is 0 Å². The van der Waals surface area contributed by atoms with Crippen LogP contribution < -0.4 is 5.32 Å². The Morgan fingerprint density at radius 2 is 2.36 bits per heavy atom. The number of furan rings is 1. The zero-order valence-corrected chi connectivity index (χ0v) is 12.3. The third-order valence-corrected chi connectivity index (χ3v) is 4.61. The maximum absolute atomic E-state index is 12.6. The van der Waals surface area contributed by atoms with Crippen LogP contribution in [0.5, 0.6) is 0 Å². The highest BCUT2D eigenvalue weighted by atomic mass is 16.5. The van der Waals surface area contributed by atoms with Gasteiger partial charge in [-0.25, -0.2) is 0 Å². The zero-order chi connectivity index (χ0) is 14.9. The molecule has 2 N–H and O–H groups in total. The molecule has 1 fully saturated rings. The summed E-state index contributed by atoms with van der Waals surface area (Å²) in [7, 11) is 0. The van der Waals surface area contributed by atoms with Gasteiger partial charge < -0.3 is 14.5 Å². The quantitative estimate of drug-likeness (QED) is 0.911. The summed E-state index contributed by atoms with van der Waals surface area (Å²) in [6, 6.07) is 1.98. The molecule has 6 heteroatoms. The number of hydrogen-bond donors (Lipinski definition) is 2. The van der Waals surface area contributed by atoms with Crippen molar-refractivity contribution >= 4 is 5.91 Å². The standard InChI is InChI=1S/C16H19N3O3/c20-16(12-8-17-19-15(12)10-4-6-21-9-10)18-13-2-1-3-14-11(13)5-7-22-14/h5,7-8,10,13H,1-4,6,9H2,(H,17,19)(H,18,20). The van der Waals surface area contributed by atoms with Crippen LogP contribution in [0, 0.1) is 0 Å². The molecule has 22 heavy (non-hydrogen) atoms. The lowest BCUT2D eigenvalue weighted by Crippen LogP contribution is -2.31. The lowest BCUT2D eigenvalue weighted by molar-refractivity contribution is 0.0930. The molecule has 3 heterocycles. The van der Waals surface area contributed by atoms with Crippen LogP contribution in [-0.4, -0.2) is 29.3 Å². The van der Waals surface area contributed by atoms with Crippen molar-refractivity contribution in [3.63, 3.8) is 0 Å². The van der Waals surface area contributed by atoms with E-state index in [4.69, 9.17) is 9.15 Å². The lowest BCUT2D eigenvalue weighted by Gasteiger charge is -2.22. The van der Waals surface area contributed by atoms with Crippen molar-refractivity contribution in [2.24, 2.45) is 0 Å². The second kappa shape index (κ2) is 5.61. The number of hydrogen-bond acceptors (Lipinski definition) is 4. The summed E-state index contributed by atoms with van der Waals surface area (Å²) in [5, 5.41) is 10.2. The van der Waals surface area contributed by atoms with Gasteiger partial charge in [0.25, 0.3) is 5.91 Å². The van der Waals surface area contributed by atoms with Gasteiger partial charge in [-0.2, -0.15) is 5.10 Å². The van der Waals surface area contributed by atoms with E-state index in [1.807, 2.05) is 6.07 Å². The molecule has 0 bridgehead atoms. The van der Waals surface area contributed by atoms with Crippen LogP contribution in [0.25, 0.3) is 0 Å². The number of fused-ring (bicyclic) bond motifs is 1. The molecule has 1 amide bonds. The SMILES string of the molecule is O=C(NC1CCCc2occc21)c1cn[nH]c1C1CCOC1. The first-order chi connectivity index (χ1) is 10.8. The molecule has 4 rings (SSSR count). The molecule has 1 saturated heterocycles. The van der Waals surface area contributed by atoms with E-state index in [9.17, 15) is 4.79 Å². The number of amides is 1. The van der Waals surface area contributed by atoms with Crippen LogP contribution in [0.3, 0.4) is 0 Å². The molecule has 2 aromatic rings. The van der Waals surface area contributed by atoms with Gasteiger partial charge in [-0.15, -0.1) is 0 Å². The topological polar surface area (TPSA) is 80.2 Å². The predicted octanol–water partition coefficient (Wildman–Crippen LogP) is 2.31. The van der Waals surface area contributed by atoms with E-state index < -0.39 is 0 Å². The number of aryl methyl sites for hydroxylation is 1. The van der Waals surface area contributed by atoms with Gasteiger partial charge in [0.1, 0.15) is 5.76 Å². The molecule has 2 aromatic heterocycles. The largest absolute Gasteiger partial charge is 0.469 e. The number of carbonyl (C=O) groups excluding carboxylic acids is 1. The number of aromatic nitrogens is 2. The average Bonchev–Trinajstić information content (AvgIpc) is 3.27. The number of nitrogens with one attached hydrogen (secondary N) is 2. The fourth-order valence-electron chi connectivity index (χ4n) is 3.42. The van der Waals surface area contributed by atoms with Gasteiger partial charge in [-0.1, -0.05) is 0 Å². The molecule has 1 aliphatic carbocycles. The summed E-state index contributed by atoms with van der Waals surface area (Å²) in [4.78, 5) is 12.6. The van der Waals surface area contributed by atoms with Crippen LogP contribution in [0.1, 0.15) is 58.6 Å². The molecule has 0 saturated carbocycles. The van der Waals surface area contributed by atoms with Gasteiger partial charge in [0.05, 0.1) is 36.4 Å². The molecule has 0 aromatic carbocycles. The van der Waals surface area contributed by atoms with E-state index >= 15 is 0 Å². The van der Waals surface area contributed by atoms with Gasteiger partial charge in [-0.3, -0.25) is 9.89 Å². The first-order valence-corrected chi connectivity index (χ1v) is 7.81. The Balaban J connectivity index is 1.53. The van der Waals surface area contributed by atoms with Gasteiger partial charge in [0.15, 0.2) is 0 Å². The average molecular weight is 301 g/mol. The minimum atomic E-state index is -0.0744. The monoisotopic (exact) mass is 301 g/mol. The lowest BCUT2D eigenvalue weighted by atomic mass is 9.93. The van der Waals surface area contributed by atoms with Crippen LogP contribution in [-0.2, 0) is 11.2 Å². The fraction of sp³-hybridized carbons (Fsp3) is 0.500. The fourth-order valence-corrected chi connectivity index (χ4v) is 3.42. The van der Waals surface area contributed by atoms with Crippen molar-refractivity contribution in [3.05, 3.63) is 41.1 Å². The van der Waals surface area contributed by atoms with Crippen LogP contribution in [0.2, 0.25) is 0 Å². The van der Waals surface area contributed by atoms with Crippen molar-refractivity contribution in [1.29, 1.82) is 0 Å². The van der Waals surface area contributed by atoms with Gasteiger partial charge in [0.2, 0.25) is 0 Å². The van der Waals surface area contributed by atoms with Crippen molar-refractivity contribution in [3.8, 4) is 0 Å². The number of rotatable bonds is 3. The Labute approximate surface area is 128 Å². The first-order valence-electron chi connectivity index (χ1n) is 7.81. The number of ether oxygens (including phenoxy) is 1. The molecular formula is C16H19N3O3. The summed E-state index contributed by atoms with van der Waals surface area (Å²) in [5.74, 6) is 1.15. The van der Waals surface area contributed by atoms with E-state index in [2.05, 4.69) is 15.5 Å². The van der Waals surface area contributed by atoms with Crippen molar-refractivity contribution in [2.75, 3.05) is 13.2 Å². The van der Waals surface area contributed by atoms with Crippen molar-refractivity contribution in [2.45, 2.75) is 37.6 Å². The van der Waals surface area contributed by atoms with E-state index in [1.165, 1.54) is 0 Å². The normalized spacial score (nSPS) is 24.2. The molecule has 2 atom stereocenters. The summed E-state index contributed by atoms with van der Waals surface area (Å²) in [6.07, 6.45) is 7.16. The minimum absolute atomic E-state index is 0.0255. The van der Waals surface area contributed by atoms with E-state index in [0.717, 1.165) is 49.3 Å². The maximum Gasteiger partial charge on any atom is 0.255 e. The van der Waals surface area contributed by atoms with Crippen LogP contribution in [0.4, 0.5) is 0 Å². The highest BCUT2D eigenvalue weighted by Crippen LogP contribution is 2.31. The third-order valence-electron chi connectivity index (χ3n) is 4.61. The zero-order valence-electron chi connectivity index (χ0n) is 12.3. The van der Waals surface area contributed by atoms with Crippen molar-refractivity contribution in [1.82, 2.24) is 15.5 Å². The second-order valence-electron chi connectivity index (χ2n) is 5.98. The molecule has 1 aliphatic heterocycles. The summed E-state index contributed by atoms with van der Waals surface area (Å²) >= 11 is 0. The molecular weight excluding hydrogens is 282 g/mol. The Morgan fingerprint density at radius 3 is 3.23 bits per heavy atom. The molecule has 116 valence electrons. The molecule has 0 spiro atoms. The number of H-pyrrole nitrogens is 1. The molecule has 0 radical (unpaired) electrons. The third kappa shape index (κ3) is 2.33. The summed E-state index contributed by atoms with van der Waals surface area (Å²) in [5.41, 5.74) is 2.62. The summed E-state index contributed by atoms with van der Waals surface area (Å²) in [6.45, 7) is 1.39. The summed E-state index contributed by atoms with van der Waals surface area (Å²) < 4.78 is 10.9. The highest BCUT2D eigenvalue weighted by molar-refractivity contribution is 5.95. The van der Waals surface area contributed by atoms with Gasteiger partial charge in [0, 0.05) is 24.5 Å². The van der Waals surface area contributed by atoms with Crippen molar-refractivity contribution < 1.29 is 13.9 Å².